The minimum atomic E-state index is -0.754. The Kier molecular flexibility index (Phi) is 3.47. The summed E-state index contributed by atoms with van der Waals surface area (Å²) in [7, 11) is 0. The molecule has 0 aliphatic carbocycles. The molecule has 1 saturated heterocycles. The van der Waals surface area contributed by atoms with Gasteiger partial charge in [-0.25, -0.2) is 9.97 Å². The van der Waals surface area contributed by atoms with Crippen LogP contribution in [0.2, 0.25) is 5.02 Å². The fraction of sp³-hybridized carbons (Fsp3) is 0.545. The van der Waals surface area contributed by atoms with Crippen LogP contribution >= 0.6 is 11.6 Å². The second kappa shape index (κ2) is 4.87. The third-order valence-corrected chi connectivity index (χ3v) is 3.09. The van der Waals surface area contributed by atoms with Gasteiger partial charge in [0.2, 0.25) is 5.95 Å². The lowest BCUT2D eigenvalue weighted by Crippen LogP contribution is -2.43. The summed E-state index contributed by atoms with van der Waals surface area (Å²) in [5, 5.41) is 9.56. The molecule has 0 amide bonds. The van der Waals surface area contributed by atoms with Gasteiger partial charge in [0.05, 0.1) is 23.3 Å². The topological polar surface area (TPSA) is 66.3 Å². The van der Waals surface area contributed by atoms with E-state index in [1.165, 1.54) is 12.4 Å². The zero-order valence-corrected chi connectivity index (χ0v) is 10.3. The van der Waals surface area contributed by atoms with E-state index in [0.29, 0.717) is 29.9 Å². The van der Waals surface area contributed by atoms with Crippen molar-refractivity contribution in [2.45, 2.75) is 13.3 Å². The monoisotopic (exact) mass is 255 g/mol. The van der Waals surface area contributed by atoms with Gasteiger partial charge in [-0.3, -0.25) is 4.79 Å². The molecule has 1 N–H and O–H groups in total. The second-order valence-electron chi connectivity index (χ2n) is 4.48. The zero-order chi connectivity index (χ0) is 12.4. The summed E-state index contributed by atoms with van der Waals surface area (Å²) >= 11 is 5.72. The second-order valence-corrected chi connectivity index (χ2v) is 4.92. The molecule has 92 valence electrons. The summed E-state index contributed by atoms with van der Waals surface area (Å²) in [4.78, 5) is 21.2. The predicted octanol–water partition coefficient (Wildman–Crippen LogP) is 1.68. The van der Waals surface area contributed by atoms with Crippen molar-refractivity contribution in [1.29, 1.82) is 0 Å². The van der Waals surface area contributed by atoms with Crippen LogP contribution in [0.25, 0.3) is 0 Å². The molecule has 0 saturated carbocycles. The smallest absolute Gasteiger partial charge is 0.308 e. The highest BCUT2D eigenvalue weighted by atomic mass is 35.5. The van der Waals surface area contributed by atoms with Gasteiger partial charge in [-0.05, 0) is 12.3 Å². The van der Waals surface area contributed by atoms with Crippen LogP contribution in [0, 0.1) is 11.8 Å². The first kappa shape index (κ1) is 12.1. The van der Waals surface area contributed by atoms with Gasteiger partial charge in [0.15, 0.2) is 0 Å². The number of carboxylic acid groups (broad SMARTS) is 1. The first-order chi connectivity index (χ1) is 8.06. The molecule has 1 aromatic rings. The van der Waals surface area contributed by atoms with Crippen LogP contribution in [-0.4, -0.2) is 34.1 Å². The van der Waals surface area contributed by atoms with Gasteiger partial charge < -0.3 is 10.0 Å². The molecule has 1 aromatic heterocycles. The van der Waals surface area contributed by atoms with Crippen molar-refractivity contribution < 1.29 is 9.90 Å². The summed E-state index contributed by atoms with van der Waals surface area (Å²) in [6.45, 7) is 3.28. The predicted molar refractivity (Wildman–Crippen MR) is 64.2 cm³/mol. The van der Waals surface area contributed by atoms with Gasteiger partial charge in [0, 0.05) is 13.1 Å². The number of carboxylic acids is 1. The molecule has 1 fully saturated rings. The number of hydrogen-bond acceptors (Lipinski definition) is 4. The molecule has 0 aromatic carbocycles. The van der Waals surface area contributed by atoms with Crippen molar-refractivity contribution in [1.82, 2.24) is 9.97 Å². The van der Waals surface area contributed by atoms with Crippen LogP contribution in [-0.2, 0) is 4.79 Å². The molecule has 2 atom stereocenters. The van der Waals surface area contributed by atoms with Crippen LogP contribution in [0.15, 0.2) is 12.4 Å². The Morgan fingerprint density at radius 1 is 1.47 bits per heavy atom. The maximum atomic E-state index is 11.0. The number of aliphatic carboxylic acids is 1. The number of halogens is 1. The average molecular weight is 256 g/mol. The van der Waals surface area contributed by atoms with Gasteiger partial charge in [-0.1, -0.05) is 18.5 Å². The summed E-state index contributed by atoms with van der Waals surface area (Å²) in [5.74, 6) is -0.232. The van der Waals surface area contributed by atoms with E-state index in [4.69, 9.17) is 16.7 Å². The number of anilines is 1. The van der Waals surface area contributed by atoms with E-state index in [1.807, 2.05) is 11.8 Å². The number of hydrogen-bond donors (Lipinski definition) is 1. The van der Waals surface area contributed by atoms with Crippen LogP contribution in [0.4, 0.5) is 5.95 Å². The van der Waals surface area contributed by atoms with Crippen molar-refractivity contribution >= 4 is 23.5 Å². The van der Waals surface area contributed by atoms with Crippen molar-refractivity contribution in [3.8, 4) is 0 Å². The van der Waals surface area contributed by atoms with Crippen LogP contribution in [0.5, 0.6) is 0 Å². The Balaban J connectivity index is 2.15. The quantitative estimate of drug-likeness (QED) is 0.871. The molecule has 6 heteroatoms. The molecular weight excluding hydrogens is 242 g/mol. The molecule has 5 nitrogen and oxygen atoms in total. The van der Waals surface area contributed by atoms with E-state index in [1.54, 1.807) is 0 Å². The number of carbonyl (C=O) groups is 1. The number of nitrogens with zero attached hydrogens (tertiary/aromatic N) is 3. The molecular formula is C11H14ClN3O2. The SMILES string of the molecule is CC1CC(C(=O)O)CN(c2ncc(Cl)cn2)C1. The van der Waals surface area contributed by atoms with E-state index in [0.717, 1.165) is 6.54 Å². The molecule has 2 heterocycles. The largest absolute Gasteiger partial charge is 0.481 e. The number of aromatic nitrogens is 2. The molecule has 0 radical (unpaired) electrons. The van der Waals surface area contributed by atoms with Gasteiger partial charge in [0.25, 0.3) is 0 Å². The van der Waals surface area contributed by atoms with E-state index < -0.39 is 5.97 Å². The molecule has 0 bridgehead atoms. The van der Waals surface area contributed by atoms with Crippen molar-refractivity contribution in [3.63, 3.8) is 0 Å². The standard InChI is InChI=1S/C11H14ClN3O2/c1-7-2-8(10(16)17)6-15(5-7)11-13-3-9(12)4-14-11/h3-4,7-8H,2,5-6H2,1H3,(H,16,17). The molecule has 1 aliphatic heterocycles. The highest BCUT2D eigenvalue weighted by molar-refractivity contribution is 6.30. The van der Waals surface area contributed by atoms with E-state index >= 15 is 0 Å². The van der Waals surface area contributed by atoms with Gasteiger partial charge >= 0.3 is 5.97 Å². The zero-order valence-electron chi connectivity index (χ0n) is 9.51. The van der Waals surface area contributed by atoms with Crippen molar-refractivity contribution in [3.05, 3.63) is 17.4 Å². The third kappa shape index (κ3) is 2.85. The highest BCUT2D eigenvalue weighted by Crippen LogP contribution is 2.24. The normalized spacial score (nSPS) is 24.7. The molecule has 1 aliphatic rings. The van der Waals surface area contributed by atoms with E-state index in [2.05, 4.69) is 9.97 Å². The minimum absolute atomic E-state index is 0.323. The lowest BCUT2D eigenvalue weighted by Gasteiger charge is -2.34. The van der Waals surface area contributed by atoms with Gasteiger partial charge in [0.1, 0.15) is 0 Å². The van der Waals surface area contributed by atoms with Crippen molar-refractivity contribution in [2.24, 2.45) is 11.8 Å². The molecule has 17 heavy (non-hydrogen) atoms. The molecule has 2 rings (SSSR count). The van der Waals surface area contributed by atoms with Crippen LogP contribution in [0.3, 0.4) is 0 Å². The Morgan fingerprint density at radius 2 is 2.12 bits per heavy atom. The summed E-state index contributed by atoms with van der Waals surface area (Å²) in [6.07, 6.45) is 3.76. The fourth-order valence-corrected chi connectivity index (χ4v) is 2.26. The van der Waals surface area contributed by atoms with Crippen LogP contribution in [0.1, 0.15) is 13.3 Å². The lowest BCUT2D eigenvalue weighted by molar-refractivity contribution is -0.142. The van der Waals surface area contributed by atoms with Gasteiger partial charge in [-0.2, -0.15) is 0 Å². The highest BCUT2D eigenvalue weighted by Gasteiger charge is 2.30. The average Bonchev–Trinajstić information content (AvgIpc) is 2.29. The Morgan fingerprint density at radius 3 is 2.71 bits per heavy atom. The summed E-state index contributed by atoms with van der Waals surface area (Å²) in [5.41, 5.74) is 0. The molecule has 0 spiro atoms. The Hall–Kier alpha value is -1.36. The molecule has 2 unspecified atom stereocenters. The van der Waals surface area contributed by atoms with E-state index in [-0.39, 0.29) is 5.92 Å². The fourth-order valence-electron chi connectivity index (χ4n) is 2.16. The number of rotatable bonds is 2. The van der Waals surface area contributed by atoms with Gasteiger partial charge in [-0.15, -0.1) is 0 Å². The Bertz CT molecular complexity index is 410. The maximum absolute atomic E-state index is 11.0. The summed E-state index contributed by atoms with van der Waals surface area (Å²) in [6, 6.07) is 0. The third-order valence-electron chi connectivity index (χ3n) is 2.90. The Labute approximate surface area is 104 Å². The lowest BCUT2D eigenvalue weighted by atomic mass is 9.91. The maximum Gasteiger partial charge on any atom is 0.308 e. The number of piperidine rings is 1. The van der Waals surface area contributed by atoms with Crippen LogP contribution < -0.4 is 4.90 Å². The summed E-state index contributed by atoms with van der Waals surface area (Å²) < 4.78 is 0. The minimum Gasteiger partial charge on any atom is -0.481 e. The van der Waals surface area contributed by atoms with Crippen molar-refractivity contribution in [2.75, 3.05) is 18.0 Å². The first-order valence-corrected chi connectivity index (χ1v) is 5.89. The van der Waals surface area contributed by atoms with E-state index in [9.17, 15) is 4.79 Å². The first-order valence-electron chi connectivity index (χ1n) is 5.51.